The van der Waals surface area contributed by atoms with Crippen molar-refractivity contribution >= 4 is 17.7 Å². The Bertz CT molecular complexity index is 430. The molecular weight excluding hydrogens is 265 g/mol. The first-order valence-electron chi connectivity index (χ1n) is 6.43. The number of hydrogen-bond acceptors (Lipinski definition) is 6. The van der Waals surface area contributed by atoms with E-state index in [1.807, 2.05) is 6.92 Å². The molecular formula is C12H20FN5O2. The summed E-state index contributed by atoms with van der Waals surface area (Å²) in [5.41, 5.74) is 0. The first-order chi connectivity index (χ1) is 9.67. The van der Waals surface area contributed by atoms with Gasteiger partial charge in [0.25, 0.3) is 0 Å². The number of hydrogen-bond donors (Lipinski definition) is 3. The van der Waals surface area contributed by atoms with E-state index >= 15 is 0 Å². The van der Waals surface area contributed by atoms with Crippen molar-refractivity contribution in [2.24, 2.45) is 0 Å². The van der Waals surface area contributed by atoms with Gasteiger partial charge in [0.2, 0.25) is 11.9 Å². The van der Waals surface area contributed by atoms with Crippen LogP contribution in [0.1, 0.15) is 13.3 Å². The zero-order valence-corrected chi connectivity index (χ0v) is 11.7. The van der Waals surface area contributed by atoms with Crippen LogP contribution in [0.4, 0.5) is 16.2 Å². The van der Waals surface area contributed by atoms with Crippen LogP contribution in [0, 0.1) is 5.82 Å². The fourth-order valence-corrected chi connectivity index (χ4v) is 1.33. The molecule has 3 N–H and O–H groups in total. The van der Waals surface area contributed by atoms with Crippen LogP contribution >= 0.6 is 0 Å². The van der Waals surface area contributed by atoms with E-state index in [1.54, 1.807) is 7.11 Å². The molecule has 20 heavy (non-hydrogen) atoms. The molecule has 0 radical (unpaired) electrons. The van der Waals surface area contributed by atoms with Crippen molar-refractivity contribution < 1.29 is 13.9 Å². The summed E-state index contributed by atoms with van der Waals surface area (Å²) in [7, 11) is 1.55. The van der Waals surface area contributed by atoms with Gasteiger partial charge in [0, 0.05) is 20.2 Å². The van der Waals surface area contributed by atoms with Crippen molar-refractivity contribution in [2.45, 2.75) is 13.3 Å². The molecule has 1 rings (SSSR count). The van der Waals surface area contributed by atoms with Gasteiger partial charge in [0.1, 0.15) is 0 Å². The number of amides is 1. The molecule has 7 nitrogen and oxygen atoms in total. The Morgan fingerprint density at radius 3 is 2.90 bits per heavy atom. The standard InChI is InChI=1S/C12H20FN5O2/c1-3-4-15-12-17-7-9(13)11(18-12)16-8-10(19)14-5-6-20-2/h7H,3-6,8H2,1-2H3,(H,14,19)(H2,15,16,17,18). The summed E-state index contributed by atoms with van der Waals surface area (Å²) in [5, 5.41) is 8.20. The Morgan fingerprint density at radius 1 is 1.40 bits per heavy atom. The number of carbonyl (C=O) groups excluding carboxylic acids is 1. The van der Waals surface area contributed by atoms with Crippen LogP contribution < -0.4 is 16.0 Å². The van der Waals surface area contributed by atoms with Crippen molar-refractivity contribution in [2.75, 3.05) is 44.0 Å². The molecule has 0 aromatic carbocycles. The molecule has 1 amide bonds. The van der Waals surface area contributed by atoms with Gasteiger partial charge in [-0.05, 0) is 6.42 Å². The lowest BCUT2D eigenvalue weighted by atomic mass is 10.4. The van der Waals surface area contributed by atoms with Gasteiger partial charge in [0.05, 0.1) is 19.3 Å². The van der Waals surface area contributed by atoms with Crippen molar-refractivity contribution in [1.29, 1.82) is 0 Å². The number of ether oxygens (including phenoxy) is 1. The van der Waals surface area contributed by atoms with E-state index in [9.17, 15) is 9.18 Å². The third-order valence-corrected chi connectivity index (χ3v) is 2.32. The van der Waals surface area contributed by atoms with E-state index in [4.69, 9.17) is 4.74 Å². The molecule has 0 aliphatic heterocycles. The highest BCUT2D eigenvalue weighted by Crippen LogP contribution is 2.11. The normalized spacial score (nSPS) is 10.2. The number of aromatic nitrogens is 2. The number of carbonyl (C=O) groups is 1. The summed E-state index contributed by atoms with van der Waals surface area (Å²) in [6.45, 7) is 3.47. The zero-order valence-electron chi connectivity index (χ0n) is 11.7. The number of methoxy groups -OCH3 is 1. The number of rotatable bonds is 9. The van der Waals surface area contributed by atoms with Gasteiger partial charge >= 0.3 is 0 Å². The molecule has 1 heterocycles. The molecule has 1 aromatic rings. The van der Waals surface area contributed by atoms with Crippen LogP contribution in [0.3, 0.4) is 0 Å². The summed E-state index contributed by atoms with van der Waals surface area (Å²) in [4.78, 5) is 19.2. The Kier molecular flexibility index (Phi) is 7.26. The fraction of sp³-hybridized carbons (Fsp3) is 0.583. The molecule has 0 spiro atoms. The molecule has 1 aromatic heterocycles. The van der Waals surface area contributed by atoms with Gasteiger partial charge < -0.3 is 20.7 Å². The average Bonchev–Trinajstić information content (AvgIpc) is 2.45. The van der Waals surface area contributed by atoms with Crippen LogP contribution in [0.5, 0.6) is 0 Å². The molecule has 0 unspecified atom stereocenters. The van der Waals surface area contributed by atoms with E-state index in [0.717, 1.165) is 12.6 Å². The number of halogens is 1. The zero-order chi connectivity index (χ0) is 14.8. The van der Waals surface area contributed by atoms with Crippen molar-refractivity contribution in [3.05, 3.63) is 12.0 Å². The quantitative estimate of drug-likeness (QED) is 0.576. The van der Waals surface area contributed by atoms with Gasteiger partial charge in [0.15, 0.2) is 11.6 Å². The van der Waals surface area contributed by atoms with E-state index in [2.05, 4.69) is 25.9 Å². The summed E-state index contributed by atoms with van der Waals surface area (Å²) in [6.07, 6.45) is 1.97. The van der Waals surface area contributed by atoms with Crippen molar-refractivity contribution in [3.63, 3.8) is 0 Å². The highest BCUT2D eigenvalue weighted by atomic mass is 19.1. The van der Waals surface area contributed by atoms with Crippen LogP contribution in [-0.2, 0) is 9.53 Å². The van der Waals surface area contributed by atoms with E-state index in [-0.39, 0.29) is 18.3 Å². The van der Waals surface area contributed by atoms with Gasteiger partial charge in [-0.2, -0.15) is 4.98 Å². The fourth-order valence-electron chi connectivity index (χ4n) is 1.33. The summed E-state index contributed by atoms with van der Waals surface area (Å²) < 4.78 is 18.3. The summed E-state index contributed by atoms with van der Waals surface area (Å²) in [5.74, 6) is -0.532. The Labute approximate surface area is 117 Å². The highest BCUT2D eigenvalue weighted by molar-refractivity contribution is 5.80. The molecule has 0 saturated carbocycles. The highest BCUT2D eigenvalue weighted by Gasteiger charge is 2.08. The van der Waals surface area contributed by atoms with E-state index in [1.165, 1.54) is 0 Å². The molecule has 8 heteroatoms. The van der Waals surface area contributed by atoms with Crippen molar-refractivity contribution in [3.8, 4) is 0 Å². The van der Waals surface area contributed by atoms with Crippen molar-refractivity contribution in [1.82, 2.24) is 15.3 Å². The summed E-state index contributed by atoms with van der Waals surface area (Å²) in [6, 6.07) is 0. The molecule has 0 bridgehead atoms. The second-order valence-corrected chi connectivity index (χ2v) is 4.01. The minimum absolute atomic E-state index is 0.000458. The predicted molar refractivity (Wildman–Crippen MR) is 74.1 cm³/mol. The molecule has 0 fully saturated rings. The smallest absolute Gasteiger partial charge is 0.239 e. The maximum absolute atomic E-state index is 13.5. The second-order valence-electron chi connectivity index (χ2n) is 4.01. The maximum atomic E-state index is 13.5. The minimum Gasteiger partial charge on any atom is -0.383 e. The number of nitrogens with zero attached hydrogens (tertiary/aromatic N) is 2. The monoisotopic (exact) mass is 285 g/mol. The lowest BCUT2D eigenvalue weighted by Gasteiger charge is -2.09. The lowest BCUT2D eigenvalue weighted by molar-refractivity contribution is -0.119. The molecule has 112 valence electrons. The van der Waals surface area contributed by atoms with Gasteiger partial charge in [-0.1, -0.05) is 6.92 Å². The second kappa shape index (κ2) is 9.03. The van der Waals surface area contributed by atoms with Gasteiger partial charge in [-0.3, -0.25) is 4.79 Å². The topological polar surface area (TPSA) is 88.2 Å². The lowest BCUT2D eigenvalue weighted by Crippen LogP contribution is -2.32. The molecule has 0 atom stereocenters. The Hall–Kier alpha value is -1.96. The number of nitrogens with one attached hydrogen (secondary N) is 3. The maximum Gasteiger partial charge on any atom is 0.239 e. The van der Waals surface area contributed by atoms with Crippen LogP contribution in [0.15, 0.2) is 6.20 Å². The SMILES string of the molecule is CCCNc1ncc(F)c(NCC(=O)NCCOC)n1. The first-order valence-corrected chi connectivity index (χ1v) is 6.43. The molecule has 0 saturated heterocycles. The number of anilines is 2. The largest absolute Gasteiger partial charge is 0.383 e. The first kappa shape index (κ1) is 16.1. The minimum atomic E-state index is -0.600. The Balaban J connectivity index is 2.47. The Morgan fingerprint density at radius 2 is 2.20 bits per heavy atom. The van der Waals surface area contributed by atoms with E-state index in [0.29, 0.717) is 25.6 Å². The van der Waals surface area contributed by atoms with Crippen LogP contribution in [0.25, 0.3) is 0 Å². The third-order valence-electron chi connectivity index (χ3n) is 2.32. The average molecular weight is 285 g/mol. The van der Waals surface area contributed by atoms with Crippen LogP contribution in [-0.4, -0.2) is 49.2 Å². The van der Waals surface area contributed by atoms with Gasteiger partial charge in [-0.25, -0.2) is 9.37 Å². The summed E-state index contributed by atoms with van der Waals surface area (Å²) >= 11 is 0. The molecule has 0 aliphatic rings. The predicted octanol–water partition coefficient (Wildman–Crippen LogP) is 0.612. The molecule has 0 aliphatic carbocycles. The van der Waals surface area contributed by atoms with E-state index < -0.39 is 5.82 Å². The van der Waals surface area contributed by atoms with Gasteiger partial charge in [-0.15, -0.1) is 0 Å². The van der Waals surface area contributed by atoms with Crippen LogP contribution in [0.2, 0.25) is 0 Å². The third kappa shape index (κ3) is 5.79.